The number of hydrogen-bond acceptors (Lipinski definition) is 6. The van der Waals surface area contributed by atoms with Crippen molar-refractivity contribution in [2.24, 2.45) is 11.8 Å². The third-order valence-corrected chi connectivity index (χ3v) is 10.4. The van der Waals surface area contributed by atoms with Crippen LogP contribution in [0.2, 0.25) is 0 Å². The van der Waals surface area contributed by atoms with Gasteiger partial charge in [-0.1, -0.05) is 25.8 Å². The van der Waals surface area contributed by atoms with Gasteiger partial charge in [0.25, 0.3) is 0 Å². The molecule has 2 fully saturated rings. The Kier molecular flexibility index (Phi) is 10.5. The van der Waals surface area contributed by atoms with E-state index in [1.807, 2.05) is 45.0 Å². The van der Waals surface area contributed by atoms with Crippen molar-refractivity contribution in [3.05, 3.63) is 65.1 Å². The van der Waals surface area contributed by atoms with E-state index in [4.69, 9.17) is 0 Å². The van der Waals surface area contributed by atoms with Crippen LogP contribution in [0.3, 0.4) is 0 Å². The first-order valence-electron chi connectivity index (χ1n) is 16.0. The lowest BCUT2D eigenvalue weighted by Gasteiger charge is -2.38. The van der Waals surface area contributed by atoms with Crippen LogP contribution in [-0.4, -0.2) is 84.6 Å². The first-order valence-corrected chi connectivity index (χ1v) is 17.5. The Bertz CT molecular complexity index is 1460. The fourth-order valence-electron chi connectivity index (χ4n) is 7.07. The van der Waals surface area contributed by atoms with Crippen LogP contribution in [0, 0.1) is 24.6 Å². The molecule has 2 aromatic rings. The van der Waals surface area contributed by atoms with Crippen molar-refractivity contribution in [2.45, 2.75) is 63.1 Å². The third kappa shape index (κ3) is 7.69. The van der Waals surface area contributed by atoms with Gasteiger partial charge in [-0.15, -0.1) is 0 Å². The summed E-state index contributed by atoms with van der Waals surface area (Å²) in [4.78, 5) is 34.4. The second-order valence-corrected chi connectivity index (χ2v) is 14.3. The maximum atomic E-state index is 14.2. The Balaban J connectivity index is 1.35. The minimum Gasteiger partial charge on any atom is -0.388 e. The summed E-state index contributed by atoms with van der Waals surface area (Å²) >= 11 is 0. The maximum absolute atomic E-state index is 14.2. The quantitative estimate of drug-likeness (QED) is 0.376. The van der Waals surface area contributed by atoms with E-state index in [1.54, 1.807) is 23.3 Å². The highest BCUT2D eigenvalue weighted by Crippen LogP contribution is 2.38. The zero-order chi connectivity index (χ0) is 32.2. The zero-order valence-electron chi connectivity index (χ0n) is 27.1. The van der Waals surface area contributed by atoms with Gasteiger partial charge in [0.15, 0.2) is 0 Å². The van der Waals surface area contributed by atoms with Crippen molar-refractivity contribution in [1.82, 2.24) is 20.4 Å². The number of urea groups is 1. The third-order valence-electron chi connectivity index (χ3n) is 9.42. The molecule has 2 heterocycles. The molecule has 11 heteroatoms. The Morgan fingerprint density at radius 1 is 1.09 bits per heavy atom. The summed E-state index contributed by atoms with van der Waals surface area (Å²) in [5, 5.41) is 9.70. The number of halogens is 1. The van der Waals surface area contributed by atoms with E-state index in [2.05, 4.69) is 27.1 Å². The number of anilines is 2. The molecule has 3 aliphatic rings. The Morgan fingerprint density at radius 2 is 1.82 bits per heavy atom. The topological polar surface area (TPSA) is 97.0 Å². The predicted octanol–water partition coefficient (Wildman–Crippen LogP) is 4.45. The number of amides is 3. The number of piperazine rings is 1. The van der Waals surface area contributed by atoms with Crippen molar-refractivity contribution < 1.29 is 18.2 Å². The number of benzene rings is 2. The van der Waals surface area contributed by atoms with Crippen molar-refractivity contribution in [3.8, 4) is 0 Å². The SMILES string of the molecule is Cc1cc(F)ccc1N1CCN(C(=O)N[C@@H](C(=O)Nc2cc(CN(C)C)ccc2S(C)=O)[C@@H](C)C2=CN[C@H]3CCCCC23)CC1. The van der Waals surface area contributed by atoms with E-state index in [0.717, 1.165) is 41.6 Å². The summed E-state index contributed by atoms with van der Waals surface area (Å²) in [5.41, 5.74) is 4.48. The maximum Gasteiger partial charge on any atom is 0.318 e. The summed E-state index contributed by atoms with van der Waals surface area (Å²) in [6.45, 7) is 6.75. The summed E-state index contributed by atoms with van der Waals surface area (Å²) in [7, 11) is 2.63. The van der Waals surface area contributed by atoms with Crippen molar-refractivity contribution in [1.29, 1.82) is 0 Å². The molecule has 0 aromatic heterocycles. The monoisotopic (exact) mass is 638 g/mol. The second kappa shape index (κ2) is 14.3. The van der Waals surface area contributed by atoms with Crippen molar-refractivity contribution in [2.75, 3.05) is 56.7 Å². The molecule has 5 atom stereocenters. The molecule has 0 radical (unpaired) electrons. The smallest absolute Gasteiger partial charge is 0.318 e. The lowest BCUT2D eigenvalue weighted by Crippen LogP contribution is -2.57. The first-order chi connectivity index (χ1) is 21.5. The molecule has 2 unspecified atom stereocenters. The fourth-order valence-corrected chi connectivity index (χ4v) is 7.75. The van der Waals surface area contributed by atoms with E-state index in [-0.39, 0.29) is 23.7 Å². The first kappa shape index (κ1) is 32.9. The number of aryl methyl sites for hydroxylation is 1. The van der Waals surface area contributed by atoms with Gasteiger partial charge in [0.1, 0.15) is 11.9 Å². The van der Waals surface area contributed by atoms with Crippen LogP contribution < -0.4 is 20.9 Å². The molecular formula is C34H47FN6O3S. The Labute approximate surface area is 269 Å². The predicted molar refractivity (Wildman–Crippen MR) is 178 cm³/mol. The number of nitrogens with one attached hydrogen (secondary N) is 3. The van der Waals surface area contributed by atoms with Crippen molar-refractivity contribution >= 4 is 34.1 Å². The number of rotatable bonds is 9. The highest BCUT2D eigenvalue weighted by atomic mass is 32.2. The van der Waals surface area contributed by atoms with Crippen LogP contribution in [0.15, 0.2) is 53.1 Å². The van der Waals surface area contributed by atoms with Gasteiger partial charge in [-0.3, -0.25) is 9.00 Å². The molecule has 3 amide bonds. The van der Waals surface area contributed by atoms with Gasteiger partial charge in [0, 0.05) is 62.5 Å². The van der Waals surface area contributed by atoms with E-state index >= 15 is 0 Å². The van der Waals surface area contributed by atoms with Crippen LogP contribution in [0.25, 0.3) is 0 Å². The number of nitrogens with zero attached hydrogens (tertiary/aromatic N) is 3. The minimum atomic E-state index is -1.32. The summed E-state index contributed by atoms with van der Waals surface area (Å²) in [6, 6.07) is 9.64. The number of hydrogen-bond donors (Lipinski definition) is 3. The molecule has 45 heavy (non-hydrogen) atoms. The van der Waals surface area contributed by atoms with E-state index in [1.165, 1.54) is 18.6 Å². The van der Waals surface area contributed by atoms with Gasteiger partial charge >= 0.3 is 6.03 Å². The summed E-state index contributed by atoms with van der Waals surface area (Å²) in [6.07, 6.45) is 8.16. The number of fused-ring (bicyclic) bond motifs is 1. The van der Waals surface area contributed by atoms with Gasteiger partial charge in [0.2, 0.25) is 5.91 Å². The minimum absolute atomic E-state index is 0.252. The van der Waals surface area contributed by atoms with E-state index in [9.17, 15) is 18.2 Å². The molecule has 1 saturated carbocycles. The lowest BCUT2D eigenvalue weighted by atomic mass is 9.76. The zero-order valence-corrected chi connectivity index (χ0v) is 27.9. The average molecular weight is 639 g/mol. The van der Waals surface area contributed by atoms with E-state index in [0.29, 0.717) is 55.3 Å². The van der Waals surface area contributed by atoms with Gasteiger partial charge < -0.3 is 30.7 Å². The van der Waals surface area contributed by atoms with Gasteiger partial charge in [0.05, 0.1) is 21.4 Å². The average Bonchev–Trinajstić information content (AvgIpc) is 3.43. The molecule has 2 aliphatic heterocycles. The normalized spacial score (nSPS) is 21.8. The fraction of sp³-hybridized carbons (Fsp3) is 0.529. The summed E-state index contributed by atoms with van der Waals surface area (Å²) < 4.78 is 26.3. The Hall–Kier alpha value is -3.44. The second-order valence-electron chi connectivity index (χ2n) is 12.9. The molecule has 1 aliphatic carbocycles. The number of carbonyl (C=O) groups is 2. The largest absolute Gasteiger partial charge is 0.388 e. The molecule has 9 nitrogen and oxygen atoms in total. The standard InChI is InChI=1S/C34H47FN6O3S/c1-22-18-25(35)11-12-30(22)40-14-16-41(17-15-40)34(43)38-32(23(2)27-20-36-28-9-7-6-8-26(27)28)33(42)37-29-19-24(21-39(3)4)10-13-31(29)45(5)44/h10-13,18-20,23,26,28,32,36H,6-9,14-17,21H2,1-5H3,(H,37,42)(H,38,43)/t23-,26?,28-,32+,45?/m0/s1. The molecule has 1 saturated heterocycles. The highest BCUT2D eigenvalue weighted by molar-refractivity contribution is 7.84. The molecule has 3 N–H and O–H groups in total. The van der Waals surface area contributed by atoms with Crippen LogP contribution in [0.5, 0.6) is 0 Å². The Morgan fingerprint density at radius 3 is 2.51 bits per heavy atom. The van der Waals surface area contributed by atoms with Crippen LogP contribution in [0.1, 0.15) is 43.7 Å². The number of carbonyl (C=O) groups excluding carboxylic acids is 2. The van der Waals surface area contributed by atoms with Gasteiger partial charge in [-0.25, -0.2) is 9.18 Å². The summed E-state index contributed by atoms with van der Waals surface area (Å²) in [5.74, 6) is -0.504. The van der Waals surface area contributed by atoms with Gasteiger partial charge in [-0.05, 0) is 87.1 Å². The van der Waals surface area contributed by atoms with Crippen molar-refractivity contribution in [3.63, 3.8) is 0 Å². The molecular weight excluding hydrogens is 591 g/mol. The molecule has 5 rings (SSSR count). The highest BCUT2D eigenvalue weighted by Gasteiger charge is 2.39. The van der Waals surface area contributed by atoms with E-state index < -0.39 is 16.8 Å². The van der Waals surface area contributed by atoms with Crippen LogP contribution in [0.4, 0.5) is 20.6 Å². The van der Waals surface area contributed by atoms with Gasteiger partial charge in [-0.2, -0.15) is 0 Å². The molecule has 244 valence electrons. The lowest BCUT2D eigenvalue weighted by molar-refractivity contribution is -0.118. The van der Waals surface area contributed by atoms with Crippen LogP contribution >= 0.6 is 0 Å². The molecule has 2 aromatic carbocycles. The molecule has 0 bridgehead atoms. The van der Waals surface area contributed by atoms with Crippen LogP contribution in [-0.2, 0) is 22.1 Å². The molecule has 0 spiro atoms.